The lowest BCUT2D eigenvalue weighted by Crippen LogP contribution is -2.57. The molecule has 2 saturated heterocycles. The van der Waals surface area contributed by atoms with Gasteiger partial charge in [-0.2, -0.15) is 0 Å². The Kier molecular flexibility index (Phi) is 4.60. The van der Waals surface area contributed by atoms with Gasteiger partial charge in [-0.25, -0.2) is 4.39 Å². The average Bonchev–Trinajstić information content (AvgIpc) is 3.28. The van der Waals surface area contributed by atoms with E-state index in [2.05, 4.69) is 39.3 Å². The second kappa shape index (κ2) is 7.31. The van der Waals surface area contributed by atoms with Crippen LogP contribution in [0.3, 0.4) is 0 Å². The summed E-state index contributed by atoms with van der Waals surface area (Å²) in [5, 5.41) is 8.23. The molecule has 0 bridgehead atoms. The smallest absolute Gasteiger partial charge is 0.247 e. The summed E-state index contributed by atoms with van der Waals surface area (Å²) in [4.78, 5) is 17.7. The monoisotopic (exact) mass is 408 g/mol. The maximum absolute atomic E-state index is 13.5. The predicted octanol–water partition coefficient (Wildman–Crippen LogP) is 4.07. The molecule has 2 aromatic carbocycles. The molecule has 2 fully saturated rings. The highest BCUT2D eigenvalue weighted by Crippen LogP contribution is 2.41. The van der Waals surface area contributed by atoms with Crippen molar-refractivity contribution < 1.29 is 13.7 Å². The van der Waals surface area contributed by atoms with Crippen LogP contribution in [0.4, 0.5) is 15.9 Å². The second-order valence-corrected chi connectivity index (χ2v) is 8.15. The van der Waals surface area contributed by atoms with Gasteiger partial charge in [0.2, 0.25) is 5.91 Å². The molecule has 1 aromatic heterocycles. The first-order chi connectivity index (χ1) is 14.6. The highest BCUT2D eigenvalue weighted by Gasteiger charge is 2.54. The van der Waals surface area contributed by atoms with Crippen LogP contribution in [0.5, 0.6) is 0 Å². The van der Waals surface area contributed by atoms with Gasteiger partial charge in [-0.3, -0.25) is 4.79 Å². The Morgan fingerprint density at radius 2 is 1.97 bits per heavy atom. The molecule has 0 aliphatic carbocycles. The van der Waals surface area contributed by atoms with Gasteiger partial charge in [0, 0.05) is 24.8 Å². The van der Waals surface area contributed by atoms with Crippen LogP contribution >= 0.6 is 0 Å². The minimum absolute atomic E-state index is 0.00676. The summed E-state index contributed by atoms with van der Waals surface area (Å²) in [6.45, 7) is 3.49. The first-order valence-electron chi connectivity index (χ1n) is 10.6. The number of anilines is 2. The number of hydrogen-bond acceptors (Lipinski definition) is 5. The lowest BCUT2D eigenvalue weighted by molar-refractivity contribution is -0.124. The van der Waals surface area contributed by atoms with Crippen LogP contribution in [0.15, 0.2) is 53.1 Å². The minimum Gasteiger partial charge on any atom is -0.354 e. The van der Waals surface area contributed by atoms with E-state index in [9.17, 15) is 9.18 Å². The van der Waals surface area contributed by atoms with E-state index in [0.717, 1.165) is 29.7 Å². The molecule has 0 saturated carbocycles. The Labute approximate surface area is 174 Å². The number of rotatable bonds is 4. The standard InChI is InChI=1S/C23H25FN4O2/c1-2-6-20-25-22(29)23(28(20)17-7-4-3-5-8-17)11-13-27(14-12-23)21-18-10-9-16(24)15-19(18)30-26-21/h3-5,7-10,15,20H,2,6,11-14H2,1H3,(H,25,29). The van der Waals surface area contributed by atoms with Crippen molar-refractivity contribution in [2.75, 3.05) is 22.9 Å². The van der Waals surface area contributed by atoms with Gasteiger partial charge in [-0.15, -0.1) is 0 Å². The highest BCUT2D eigenvalue weighted by molar-refractivity contribution is 5.95. The third-order valence-corrected chi connectivity index (χ3v) is 6.39. The van der Waals surface area contributed by atoms with Crippen molar-refractivity contribution in [2.24, 2.45) is 0 Å². The normalized spacial score (nSPS) is 20.9. The fourth-order valence-corrected chi connectivity index (χ4v) is 4.93. The number of amides is 1. The van der Waals surface area contributed by atoms with Crippen LogP contribution in [0.2, 0.25) is 0 Å². The van der Waals surface area contributed by atoms with Crippen molar-refractivity contribution in [3.8, 4) is 0 Å². The van der Waals surface area contributed by atoms with Gasteiger partial charge in [0.15, 0.2) is 11.4 Å². The molecular formula is C23H25FN4O2. The molecule has 1 N–H and O–H groups in total. The molecule has 0 radical (unpaired) electrons. The largest absolute Gasteiger partial charge is 0.354 e. The summed E-state index contributed by atoms with van der Waals surface area (Å²) in [6.07, 6.45) is 3.28. The second-order valence-electron chi connectivity index (χ2n) is 8.15. The van der Waals surface area contributed by atoms with E-state index in [1.807, 2.05) is 18.2 Å². The zero-order valence-electron chi connectivity index (χ0n) is 17.0. The Bertz CT molecular complexity index is 1060. The third kappa shape index (κ3) is 2.91. The Balaban J connectivity index is 1.44. The topological polar surface area (TPSA) is 61.6 Å². The van der Waals surface area contributed by atoms with Crippen LogP contribution in [-0.4, -0.2) is 35.9 Å². The zero-order valence-corrected chi connectivity index (χ0v) is 17.0. The first-order valence-corrected chi connectivity index (χ1v) is 10.6. The molecule has 1 spiro atoms. The molecule has 6 nitrogen and oxygen atoms in total. The van der Waals surface area contributed by atoms with Crippen LogP contribution in [-0.2, 0) is 4.79 Å². The van der Waals surface area contributed by atoms with Gasteiger partial charge < -0.3 is 19.6 Å². The van der Waals surface area contributed by atoms with Crippen molar-refractivity contribution in [1.29, 1.82) is 0 Å². The number of nitrogens with one attached hydrogen (secondary N) is 1. The van der Waals surface area contributed by atoms with Crippen LogP contribution in [0.1, 0.15) is 32.6 Å². The molecule has 3 heterocycles. The van der Waals surface area contributed by atoms with Crippen LogP contribution < -0.4 is 15.1 Å². The quantitative estimate of drug-likeness (QED) is 0.705. The van der Waals surface area contributed by atoms with Gasteiger partial charge in [-0.05, 0) is 43.5 Å². The van der Waals surface area contributed by atoms with Crippen molar-refractivity contribution in [1.82, 2.24) is 10.5 Å². The van der Waals surface area contributed by atoms with Gasteiger partial charge in [0.05, 0.1) is 5.39 Å². The maximum Gasteiger partial charge on any atom is 0.247 e. The number of carbonyl (C=O) groups excluding carboxylic acids is 1. The maximum atomic E-state index is 13.5. The molecule has 1 amide bonds. The number of benzene rings is 2. The number of fused-ring (bicyclic) bond motifs is 1. The summed E-state index contributed by atoms with van der Waals surface area (Å²) in [7, 11) is 0. The minimum atomic E-state index is -0.566. The number of piperidine rings is 1. The van der Waals surface area contributed by atoms with E-state index in [1.165, 1.54) is 12.1 Å². The van der Waals surface area contributed by atoms with Crippen LogP contribution in [0.25, 0.3) is 11.0 Å². The van der Waals surface area contributed by atoms with E-state index in [-0.39, 0.29) is 17.9 Å². The highest BCUT2D eigenvalue weighted by atomic mass is 19.1. The summed E-state index contributed by atoms with van der Waals surface area (Å²) in [6, 6.07) is 14.7. The van der Waals surface area contributed by atoms with E-state index in [0.29, 0.717) is 31.5 Å². The number of halogens is 1. The van der Waals surface area contributed by atoms with Crippen LogP contribution in [0, 0.1) is 5.82 Å². The lowest BCUT2D eigenvalue weighted by atomic mass is 9.85. The van der Waals surface area contributed by atoms with Gasteiger partial charge >= 0.3 is 0 Å². The number of para-hydroxylation sites is 1. The third-order valence-electron chi connectivity index (χ3n) is 6.39. The number of carbonyl (C=O) groups is 1. The molecule has 156 valence electrons. The summed E-state index contributed by atoms with van der Waals surface area (Å²) in [5.74, 6) is 0.483. The molecule has 1 atom stereocenters. The van der Waals surface area contributed by atoms with E-state index in [1.54, 1.807) is 6.07 Å². The van der Waals surface area contributed by atoms with E-state index in [4.69, 9.17) is 4.52 Å². The fourth-order valence-electron chi connectivity index (χ4n) is 4.93. The van der Waals surface area contributed by atoms with Crippen molar-refractivity contribution in [3.05, 3.63) is 54.3 Å². The first kappa shape index (κ1) is 18.9. The summed E-state index contributed by atoms with van der Waals surface area (Å²) in [5.41, 5.74) is 0.950. The Morgan fingerprint density at radius 3 is 2.70 bits per heavy atom. The molecule has 3 aromatic rings. The summed E-state index contributed by atoms with van der Waals surface area (Å²) < 4.78 is 18.8. The molecule has 1 unspecified atom stereocenters. The Morgan fingerprint density at radius 1 is 1.20 bits per heavy atom. The predicted molar refractivity (Wildman–Crippen MR) is 114 cm³/mol. The average molecular weight is 408 g/mol. The van der Waals surface area contributed by atoms with Gasteiger partial charge in [0.25, 0.3) is 0 Å². The Hall–Kier alpha value is -3.09. The van der Waals surface area contributed by atoms with Crippen molar-refractivity contribution in [2.45, 2.75) is 44.3 Å². The van der Waals surface area contributed by atoms with Crippen molar-refractivity contribution >= 4 is 28.4 Å². The summed E-state index contributed by atoms with van der Waals surface area (Å²) >= 11 is 0. The molecular weight excluding hydrogens is 383 g/mol. The van der Waals surface area contributed by atoms with Crippen molar-refractivity contribution in [3.63, 3.8) is 0 Å². The fraction of sp³-hybridized carbons (Fsp3) is 0.391. The SMILES string of the molecule is CCCC1NC(=O)C2(CCN(c3noc4cc(F)ccc34)CC2)N1c1ccccc1. The molecule has 5 rings (SSSR count). The number of nitrogens with zero attached hydrogens (tertiary/aromatic N) is 3. The van der Waals surface area contributed by atoms with Gasteiger partial charge in [0.1, 0.15) is 17.5 Å². The zero-order chi connectivity index (χ0) is 20.7. The molecule has 2 aliphatic rings. The number of hydrogen-bond donors (Lipinski definition) is 1. The van der Waals surface area contributed by atoms with Gasteiger partial charge in [-0.1, -0.05) is 36.7 Å². The van der Waals surface area contributed by atoms with E-state index >= 15 is 0 Å². The van der Waals surface area contributed by atoms with E-state index < -0.39 is 5.54 Å². The lowest BCUT2D eigenvalue weighted by Gasteiger charge is -2.45. The molecule has 2 aliphatic heterocycles. The molecule has 30 heavy (non-hydrogen) atoms. The molecule has 7 heteroatoms. The number of aromatic nitrogens is 1.